The molecule has 1 amide bonds. The van der Waals surface area contributed by atoms with Crippen LogP contribution in [0.1, 0.15) is 16.6 Å². The molecule has 2 aromatic rings. The molecule has 3 nitrogen and oxygen atoms in total. The minimum absolute atomic E-state index is 0.115. The number of aromatic nitrogens is 1. The second-order valence-corrected chi connectivity index (χ2v) is 4.94. The lowest BCUT2D eigenvalue weighted by atomic mass is 10.1. The van der Waals surface area contributed by atoms with E-state index in [2.05, 4.69) is 4.98 Å². The number of carbonyl (C=O) groups is 1. The molecule has 0 aliphatic rings. The quantitative estimate of drug-likeness (QED) is 0.780. The van der Waals surface area contributed by atoms with Crippen LogP contribution in [0, 0.1) is 6.92 Å². The molecular weight excluding hydrogens is 248 g/mol. The molecule has 0 aliphatic heterocycles. The summed E-state index contributed by atoms with van der Waals surface area (Å²) in [6.07, 6.45) is 0. The summed E-state index contributed by atoms with van der Waals surface area (Å²) in [7, 11) is 3.40. The summed E-state index contributed by atoms with van der Waals surface area (Å²) in [5, 5.41) is 0.348. The second kappa shape index (κ2) is 4.94. The number of aryl methyl sites for hydroxylation is 1. The predicted molar refractivity (Wildman–Crippen MR) is 73.8 cm³/mol. The minimum atomic E-state index is -0.647. The highest BCUT2D eigenvalue weighted by molar-refractivity contribution is 6.30. The van der Waals surface area contributed by atoms with Crippen LogP contribution < -0.4 is 0 Å². The molecule has 1 heterocycles. The normalized spacial score (nSPS) is 12.4. The second-order valence-electron chi connectivity index (χ2n) is 4.50. The van der Waals surface area contributed by atoms with Gasteiger partial charge in [0.15, 0.2) is 0 Å². The standard InChI is InChI=1S/C14H15ClN2O/c1-9-4-5-10-8-11(6-7-12(10)16-9)13(15)14(18)17(2)3/h4-8,13H,1-3H3. The lowest BCUT2D eigenvalue weighted by Crippen LogP contribution is -2.25. The molecule has 94 valence electrons. The van der Waals surface area contributed by atoms with Gasteiger partial charge in [0.1, 0.15) is 5.38 Å². The van der Waals surface area contributed by atoms with Crippen LogP contribution in [0.15, 0.2) is 30.3 Å². The predicted octanol–water partition coefficient (Wildman–Crippen LogP) is 2.91. The van der Waals surface area contributed by atoms with Crippen LogP contribution in [0.3, 0.4) is 0 Å². The smallest absolute Gasteiger partial charge is 0.244 e. The number of amides is 1. The average molecular weight is 263 g/mol. The van der Waals surface area contributed by atoms with Crippen molar-refractivity contribution in [2.45, 2.75) is 12.3 Å². The SMILES string of the molecule is Cc1ccc2cc(C(Cl)C(=O)N(C)C)ccc2n1. The van der Waals surface area contributed by atoms with Crippen LogP contribution in [0.4, 0.5) is 0 Å². The van der Waals surface area contributed by atoms with Crippen molar-refractivity contribution in [2.75, 3.05) is 14.1 Å². The van der Waals surface area contributed by atoms with Gasteiger partial charge < -0.3 is 4.90 Å². The number of hydrogen-bond acceptors (Lipinski definition) is 2. The van der Waals surface area contributed by atoms with Crippen molar-refractivity contribution in [3.63, 3.8) is 0 Å². The van der Waals surface area contributed by atoms with E-state index >= 15 is 0 Å². The zero-order valence-electron chi connectivity index (χ0n) is 10.6. The third-order valence-corrected chi connectivity index (χ3v) is 3.24. The Balaban J connectivity index is 2.41. The highest BCUT2D eigenvalue weighted by Crippen LogP contribution is 2.25. The van der Waals surface area contributed by atoms with Crippen molar-refractivity contribution in [3.8, 4) is 0 Å². The number of alkyl halides is 1. The van der Waals surface area contributed by atoms with Crippen molar-refractivity contribution < 1.29 is 4.79 Å². The number of rotatable bonds is 2. The number of carbonyl (C=O) groups excluding carboxylic acids is 1. The van der Waals surface area contributed by atoms with Gasteiger partial charge in [-0.05, 0) is 30.7 Å². The van der Waals surface area contributed by atoms with Gasteiger partial charge in [-0.1, -0.05) is 12.1 Å². The summed E-state index contributed by atoms with van der Waals surface area (Å²) in [6.45, 7) is 1.95. The van der Waals surface area contributed by atoms with Gasteiger partial charge in [0, 0.05) is 25.2 Å². The number of nitrogens with zero attached hydrogens (tertiary/aromatic N) is 2. The third kappa shape index (κ3) is 2.46. The number of fused-ring (bicyclic) bond motifs is 1. The Hall–Kier alpha value is -1.61. The lowest BCUT2D eigenvalue weighted by molar-refractivity contribution is -0.128. The molecule has 0 fully saturated rings. The van der Waals surface area contributed by atoms with E-state index < -0.39 is 5.38 Å². The maximum absolute atomic E-state index is 11.8. The van der Waals surface area contributed by atoms with Gasteiger partial charge >= 0.3 is 0 Å². The van der Waals surface area contributed by atoms with E-state index in [-0.39, 0.29) is 5.91 Å². The van der Waals surface area contributed by atoms with E-state index in [9.17, 15) is 4.79 Å². The van der Waals surface area contributed by atoms with Crippen LogP contribution in [-0.4, -0.2) is 29.9 Å². The van der Waals surface area contributed by atoms with Gasteiger partial charge in [-0.2, -0.15) is 0 Å². The molecule has 1 aromatic heterocycles. The monoisotopic (exact) mass is 262 g/mol. The summed E-state index contributed by atoms with van der Waals surface area (Å²) >= 11 is 6.17. The van der Waals surface area contributed by atoms with Crippen molar-refractivity contribution in [1.29, 1.82) is 0 Å². The zero-order valence-corrected chi connectivity index (χ0v) is 11.4. The lowest BCUT2D eigenvalue weighted by Gasteiger charge is -2.15. The van der Waals surface area contributed by atoms with Gasteiger partial charge in [0.05, 0.1) is 5.52 Å². The average Bonchev–Trinajstić information content (AvgIpc) is 2.36. The molecule has 0 saturated heterocycles. The molecule has 0 saturated carbocycles. The highest BCUT2D eigenvalue weighted by Gasteiger charge is 2.19. The molecule has 0 bridgehead atoms. The summed E-state index contributed by atoms with van der Waals surface area (Å²) in [6, 6.07) is 9.61. The molecule has 0 radical (unpaired) electrons. The summed E-state index contributed by atoms with van der Waals surface area (Å²) < 4.78 is 0. The maximum Gasteiger partial charge on any atom is 0.244 e. The van der Waals surface area contributed by atoms with Crippen LogP contribution in [0.2, 0.25) is 0 Å². The molecule has 18 heavy (non-hydrogen) atoms. The summed E-state index contributed by atoms with van der Waals surface area (Å²) in [5.41, 5.74) is 2.69. The number of benzene rings is 1. The topological polar surface area (TPSA) is 33.2 Å². The van der Waals surface area contributed by atoms with Crippen molar-refractivity contribution in [2.24, 2.45) is 0 Å². The first kappa shape index (κ1) is 12.8. The molecule has 2 rings (SSSR count). The maximum atomic E-state index is 11.8. The van der Waals surface area contributed by atoms with Crippen LogP contribution in [0.5, 0.6) is 0 Å². The molecule has 0 N–H and O–H groups in total. The fourth-order valence-electron chi connectivity index (χ4n) is 1.77. The first-order chi connectivity index (χ1) is 8.49. The van der Waals surface area contributed by atoms with E-state index in [1.54, 1.807) is 14.1 Å². The van der Waals surface area contributed by atoms with Gasteiger partial charge in [-0.3, -0.25) is 9.78 Å². The van der Waals surface area contributed by atoms with Gasteiger partial charge in [-0.15, -0.1) is 11.6 Å². The fraction of sp³-hybridized carbons (Fsp3) is 0.286. The Bertz CT molecular complexity index is 595. The third-order valence-electron chi connectivity index (χ3n) is 2.80. The van der Waals surface area contributed by atoms with Crippen LogP contribution in [-0.2, 0) is 4.79 Å². The Morgan fingerprint density at radius 3 is 2.67 bits per heavy atom. The van der Waals surface area contributed by atoms with Gasteiger partial charge in [0.25, 0.3) is 0 Å². The van der Waals surface area contributed by atoms with E-state index in [4.69, 9.17) is 11.6 Å². The van der Waals surface area contributed by atoms with E-state index in [0.29, 0.717) is 0 Å². The molecule has 1 aromatic carbocycles. The number of pyridine rings is 1. The highest BCUT2D eigenvalue weighted by atomic mass is 35.5. The Kier molecular flexibility index (Phi) is 3.53. The first-order valence-electron chi connectivity index (χ1n) is 5.71. The molecule has 1 unspecified atom stereocenters. The molecule has 0 spiro atoms. The van der Waals surface area contributed by atoms with Crippen molar-refractivity contribution in [3.05, 3.63) is 41.6 Å². The van der Waals surface area contributed by atoms with Crippen LogP contribution in [0.25, 0.3) is 10.9 Å². The Morgan fingerprint density at radius 2 is 2.00 bits per heavy atom. The minimum Gasteiger partial charge on any atom is -0.347 e. The molecule has 1 atom stereocenters. The van der Waals surface area contributed by atoms with Crippen molar-refractivity contribution in [1.82, 2.24) is 9.88 Å². The van der Waals surface area contributed by atoms with E-state index in [1.165, 1.54) is 4.90 Å². The number of halogens is 1. The van der Waals surface area contributed by atoms with Crippen LogP contribution >= 0.6 is 11.6 Å². The van der Waals surface area contributed by atoms with Gasteiger partial charge in [-0.25, -0.2) is 0 Å². The molecular formula is C14H15ClN2O. The molecule has 4 heteroatoms. The number of likely N-dealkylation sites (N-methyl/N-ethyl adjacent to an activating group) is 1. The fourth-order valence-corrected chi connectivity index (χ4v) is 2.10. The Labute approximate surface area is 111 Å². The Morgan fingerprint density at radius 1 is 1.28 bits per heavy atom. The largest absolute Gasteiger partial charge is 0.347 e. The van der Waals surface area contributed by atoms with E-state index in [0.717, 1.165) is 22.2 Å². The number of hydrogen-bond donors (Lipinski definition) is 0. The summed E-state index contributed by atoms with van der Waals surface area (Å²) in [5.74, 6) is -0.115. The van der Waals surface area contributed by atoms with E-state index in [1.807, 2.05) is 37.3 Å². The first-order valence-corrected chi connectivity index (χ1v) is 6.15. The molecule has 0 aliphatic carbocycles. The van der Waals surface area contributed by atoms with Gasteiger partial charge in [0.2, 0.25) is 5.91 Å². The van der Waals surface area contributed by atoms with Crippen molar-refractivity contribution >= 4 is 28.4 Å². The summed E-state index contributed by atoms with van der Waals surface area (Å²) in [4.78, 5) is 17.7. The zero-order chi connectivity index (χ0) is 13.3.